The molecule has 1 atom stereocenters. The summed E-state index contributed by atoms with van der Waals surface area (Å²) in [6.07, 6.45) is -1.65. The molecule has 5 nitrogen and oxygen atoms in total. The summed E-state index contributed by atoms with van der Waals surface area (Å²) in [7, 11) is 0. The number of hydrogen-bond acceptors (Lipinski definition) is 5. The van der Waals surface area contributed by atoms with Crippen LogP contribution in [0, 0.1) is 0 Å². The maximum atomic E-state index is 13.1. The van der Waals surface area contributed by atoms with E-state index in [-0.39, 0.29) is 23.4 Å². The first-order valence-electron chi connectivity index (χ1n) is 9.15. The van der Waals surface area contributed by atoms with Gasteiger partial charge in [0.2, 0.25) is 0 Å². The molecule has 0 radical (unpaired) electrons. The lowest BCUT2D eigenvalue weighted by atomic mass is 10.00. The molecule has 1 fully saturated rings. The number of ketones is 1. The number of likely N-dealkylation sites (tertiary alicyclic amines) is 1. The fourth-order valence-electron chi connectivity index (χ4n) is 3.49. The van der Waals surface area contributed by atoms with Gasteiger partial charge in [-0.15, -0.1) is 11.3 Å². The highest BCUT2D eigenvalue weighted by Crippen LogP contribution is 2.42. The van der Waals surface area contributed by atoms with Crippen LogP contribution in [-0.2, 0) is 22.3 Å². The van der Waals surface area contributed by atoms with Crippen LogP contribution in [-0.4, -0.2) is 26.7 Å². The molecule has 1 saturated heterocycles. The quantitative estimate of drug-likeness (QED) is 0.357. The molecule has 1 aliphatic heterocycles. The first kappa shape index (κ1) is 20.8. The molecule has 9 heteroatoms. The number of aliphatic hydroxyl groups excluding tert-OH is 1. The third-order valence-electron chi connectivity index (χ3n) is 4.91. The molecule has 3 aromatic rings. The van der Waals surface area contributed by atoms with E-state index in [9.17, 15) is 27.9 Å². The third kappa shape index (κ3) is 3.96. The van der Waals surface area contributed by atoms with Crippen LogP contribution in [0.2, 0.25) is 0 Å². The van der Waals surface area contributed by atoms with Gasteiger partial charge >= 0.3 is 6.18 Å². The lowest BCUT2D eigenvalue weighted by Crippen LogP contribution is -2.29. The molecule has 1 amide bonds. The second kappa shape index (κ2) is 7.99. The zero-order chi connectivity index (χ0) is 22.2. The summed E-state index contributed by atoms with van der Waals surface area (Å²) in [6, 6.07) is 10.1. The Morgan fingerprint density at radius 2 is 1.84 bits per heavy atom. The van der Waals surface area contributed by atoms with Crippen LogP contribution < -0.4 is 0 Å². The molecule has 31 heavy (non-hydrogen) atoms. The Morgan fingerprint density at radius 3 is 2.48 bits per heavy atom. The molecule has 3 heterocycles. The van der Waals surface area contributed by atoms with Gasteiger partial charge in [0, 0.05) is 29.4 Å². The number of carbonyl (C=O) groups excluding carboxylic acids is 2. The van der Waals surface area contributed by atoms with Crippen molar-refractivity contribution in [3.05, 3.63) is 93.4 Å². The molecular formula is C22H15F3N2O3S. The number of pyridine rings is 1. The SMILES string of the molecule is O=C1C(=O)N(Cc2cccc(C(F)(F)F)c2)C(c2cccs2)/C1=C(/O)c1ccncc1. The summed E-state index contributed by atoms with van der Waals surface area (Å²) >= 11 is 1.28. The van der Waals surface area contributed by atoms with Gasteiger partial charge in [0.25, 0.3) is 11.7 Å². The van der Waals surface area contributed by atoms with Crippen LogP contribution in [0.3, 0.4) is 0 Å². The van der Waals surface area contributed by atoms with Gasteiger partial charge in [-0.2, -0.15) is 13.2 Å². The first-order chi connectivity index (χ1) is 14.8. The van der Waals surface area contributed by atoms with Crippen molar-refractivity contribution in [3.63, 3.8) is 0 Å². The van der Waals surface area contributed by atoms with Crippen LogP contribution in [0.25, 0.3) is 5.76 Å². The van der Waals surface area contributed by atoms with E-state index in [1.807, 2.05) is 0 Å². The van der Waals surface area contributed by atoms with Gasteiger partial charge in [-0.25, -0.2) is 0 Å². The number of nitrogens with zero attached hydrogens (tertiary/aromatic N) is 2. The molecule has 1 N–H and O–H groups in total. The molecule has 158 valence electrons. The second-order valence-electron chi connectivity index (χ2n) is 6.88. The third-order valence-corrected chi connectivity index (χ3v) is 5.84. The number of amides is 1. The van der Waals surface area contributed by atoms with Crippen molar-refractivity contribution in [2.75, 3.05) is 0 Å². The van der Waals surface area contributed by atoms with E-state index in [4.69, 9.17) is 0 Å². The molecule has 0 spiro atoms. The van der Waals surface area contributed by atoms with Gasteiger partial charge in [0.15, 0.2) is 0 Å². The average molecular weight is 444 g/mol. The minimum atomic E-state index is -4.53. The van der Waals surface area contributed by atoms with Crippen molar-refractivity contribution >= 4 is 28.8 Å². The monoisotopic (exact) mass is 444 g/mol. The first-order valence-corrected chi connectivity index (χ1v) is 10.0. The van der Waals surface area contributed by atoms with E-state index in [1.165, 1.54) is 52.9 Å². The number of carbonyl (C=O) groups is 2. The van der Waals surface area contributed by atoms with Crippen LogP contribution in [0.15, 0.2) is 71.9 Å². The Hall–Kier alpha value is -3.46. The highest BCUT2D eigenvalue weighted by Gasteiger charge is 2.46. The Kier molecular flexibility index (Phi) is 5.36. The fraction of sp³-hybridized carbons (Fsp3) is 0.136. The van der Waals surface area contributed by atoms with Crippen molar-refractivity contribution in [3.8, 4) is 0 Å². The molecule has 1 aliphatic rings. The van der Waals surface area contributed by atoms with E-state index in [0.717, 1.165) is 12.1 Å². The Balaban J connectivity index is 1.80. The van der Waals surface area contributed by atoms with Crippen LogP contribution >= 0.6 is 11.3 Å². The largest absolute Gasteiger partial charge is 0.507 e. The van der Waals surface area contributed by atoms with Gasteiger partial charge in [0.05, 0.1) is 17.2 Å². The number of Topliss-reactive ketones (excluding diaryl/α,β-unsaturated/α-hetero) is 1. The maximum absolute atomic E-state index is 13.1. The van der Waals surface area contributed by atoms with Crippen LogP contribution in [0.1, 0.15) is 27.6 Å². The minimum Gasteiger partial charge on any atom is -0.507 e. The highest BCUT2D eigenvalue weighted by atomic mass is 32.1. The number of halogens is 3. The lowest BCUT2D eigenvalue weighted by Gasteiger charge is -2.24. The summed E-state index contributed by atoms with van der Waals surface area (Å²) in [4.78, 5) is 31.4. The van der Waals surface area contributed by atoms with Crippen molar-refractivity contribution < 1.29 is 27.9 Å². The minimum absolute atomic E-state index is 0.106. The number of rotatable bonds is 4. The van der Waals surface area contributed by atoms with Crippen molar-refractivity contribution in [1.82, 2.24) is 9.88 Å². The number of benzene rings is 1. The van der Waals surface area contributed by atoms with Crippen molar-refractivity contribution in [1.29, 1.82) is 0 Å². The molecule has 0 bridgehead atoms. The number of alkyl halides is 3. The van der Waals surface area contributed by atoms with Gasteiger partial charge in [0.1, 0.15) is 5.76 Å². The highest BCUT2D eigenvalue weighted by molar-refractivity contribution is 7.10. The fourth-order valence-corrected chi connectivity index (χ4v) is 4.34. The summed E-state index contributed by atoms with van der Waals surface area (Å²) in [5.74, 6) is -2.13. The standard InChI is InChI=1S/C22H15F3N2O3S/c23-22(24,25)15-4-1-3-13(11-15)12-27-18(16-5-2-10-31-16)17(20(29)21(27)30)19(28)14-6-8-26-9-7-14/h1-11,18,28H,12H2/b19-17-. The Labute approximate surface area is 179 Å². The number of aromatic nitrogens is 1. The summed E-state index contributed by atoms with van der Waals surface area (Å²) in [5.41, 5.74) is -0.410. The number of aliphatic hydroxyl groups is 1. The second-order valence-corrected chi connectivity index (χ2v) is 7.86. The zero-order valence-corrected chi connectivity index (χ0v) is 16.7. The van der Waals surface area contributed by atoms with Gasteiger partial charge in [-0.05, 0) is 41.3 Å². The zero-order valence-electron chi connectivity index (χ0n) is 15.8. The van der Waals surface area contributed by atoms with Gasteiger partial charge in [-0.1, -0.05) is 18.2 Å². The molecular weight excluding hydrogens is 429 g/mol. The molecule has 1 unspecified atom stereocenters. The van der Waals surface area contributed by atoms with E-state index in [2.05, 4.69) is 4.98 Å². The molecule has 1 aromatic carbocycles. The predicted molar refractivity (Wildman–Crippen MR) is 108 cm³/mol. The topological polar surface area (TPSA) is 70.5 Å². The number of thiophene rings is 1. The van der Waals surface area contributed by atoms with E-state index in [1.54, 1.807) is 17.5 Å². The molecule has 2 aromatic heterocycles. The summed E-state index contributed by atoms with van der Waals surface area (Å²) in [6.45, 7) is -0.218. The van der Waals surface area contributed by atoms with E-state index in [0.29, 0.717) is 10.4 Å². The van der Waals surface area contributed by atoms with E-state index < -0.39 is 29.5 Å². The molecule has 4 rings (SSSR count). The Bertz CT molecular complexity index is 1160. The number of hydrogen-bond donors (Lipinski definition) is 1. The van der Waals surface area contributed by atoms with Gasteiger partial charge in [-0.3, -0.25) is 14.6 Å². The van der Waals surface area contributed by atoms with Crippen LogP contribution in [0.5, 0.6) is 0 Å². The lowest BCUT2D eigenvalue weighted by molar-refractivity contribution is -0.140. The van der Waals surface area contributed by atoms with E-state index >= 15 is 0 Å². The Morgan fingerprint density at radius 1 is 1.10 bits per heavy atom. The smallest absolute Gasteiger partial charge is 0.416 e. The van der Waals surface area contributed by atoms with Crippen molar-refractivity contribution in [2.45, 2.75) is 18.8 Å². The average Bonchev–Trinajstić information content (AvgIpc) is 3.36. The maximum Gasteiger partial charge on any atom is 0.416 e. The molecule has 0 saturated carbocycles. The van der Waals surface area contributed by atoms with Crippen LogP contribution in [0.4, 0.5) is 13.2 Å². The van der Waals surface area contributed by atoms with Gasteiger partial charge < -0.3 is 10.0 Å². The summed E-state index contributed by atoms with van der Waals surface area (Å²) < 4.78 is 39.3. The predicted octanol–water partition coefficient (Wildman–Crippen LogP) is 4.78. The van der Waals surface area contributed by atoms with Crippen molar-refractivity contribution in [2.24, 2.45) is 0 Å². The normalized spacial score (nSPS) is 18.5. The summed E-state index contributed by atoms with van der Waals surface area (Å²) in [5, 5.41) is 12.6. The molecule has 0 aliphatic carbocycles.